The normalized spacial score (nSPS) is 10.3. The van der Waals surface area contributed by atoms with Crippen LogP contribution in [0, 0.1) is 10.1 Å². The van der Waals surface area contributed by atoms with Crippen LogP contribution in [0.4, 0.5) is 5.69 Å². The topological polar surface area (TPSA) is 133 Å². The summed E-state index contributed by atoms with van der Waals surface area (Å²) in [5, 5.41) is 30.5. The van der Waals surface area contributed by atoms with Gasteiger partial charge in [-0.05, 0) is 28.3 Å². The zero-order chi connectivity index (χ0) is 15.4. The molecular weight excluding hydrogens is 302 g/mol. The highest BCUT2D eigenvalue weighted by Crippen LogP contribution is 2.34. The van der Waals surface area contributed by atoms with Crippen molar-refractivity contribution in [1.82, 2.24) is 20.2 Å². The van der Waals surface area contributed by atoms with E-state index in [0.29, 0.717) is 4.90 Å². The number of nitro benzene ring substituents is 1. The van der Waals surface area contributed by atoms with Crippen molar-refractivity contribution in [2.45, 2.75) is 16.6 Å². The summed E-state index contributed by atoms with van der Waals surface area (Å²) < 4.78 is 6.07. The van der Waals surface area contributed by atoms with Gasteiger partial charge in [-0.25, -0.2) is 4.68 Å². The van der Waals surface area contributed by atoms with Crippen LogP contribution in [0.2, 0.25) is 0 Å². The van der Waals surface area contributed by atoms with Crippen molar-refractivity contribution < 1.29 is 19.6 Å². The molecule has 0 fully saturated rings. The van der Waals surface area contributed by atoms with Crippen LogP contribution in [0.15, 0.2) is 28.3 Å². The fraction of sp³-hybridized carbons (Fsp3) is 0.200. The third-order valence-electron chi connectivity index (χ3n) is 2.34. The number of carboxylic acid groups (broad SMARTS) is 1. The van der Waals surface area contributed by atoms with E-state index in [2.05, 4.69) is 15.5 Å². The zero-order valence-electron chi connectivity index (χ0n) is 10.7. The molecule has 0 aliphatic heterocycles. The minimum atomic E-state index is -1.08. The Labute approximate surface area is 121 Å². The number of benzene rings is 1. The Morgan fingerprint density at radius 3 is 2.95 bits per heavy atom. The SMILES string of the molecule is COc1cc(Sc2nnnn2CC(=O)O)ccc1[N+](=O)[O-]. The van der Waals surface area contributed by atoms with Gasteiger partial charge < -0.3 is 9.84 Å². The largest absolute Gasteiger partial charge is 0.490 e. The first-order valence-electron chi connectivity index (χ1n) is 5.49. The number of hydrogen-bond donors (Lipinski definition) is 1. The molecule has 10 nitrogen and oxygen atoms in total. The van der Waals surface area contributed by atoms with E-state index >= 15 is 0 Å². The monoisotopic (exact) mass is 311 g/mol. The Morgan fingerprint density at radius 1 is 1.57 bits per heavy atom. The fourth-order valence-electron chi connectivity index (χ4n) is 1.47. The zero-order valence-corrected chi connectivity index (χ0v) is 11.5. The van der Waals surface area contributed by atoms with Crippen molar-refractivity contribution in [2.75, 3.05) is 7.11 Å². The molecule has 11 heteroatoms. The van der Waals surface area contributed by atoms with Crippen molar-refractivity contribution in [2.24, 2.45) is 0 Å². The molecular formula is C10H9N5O5S. The van der Waals surface area contributed by atoms with Crippen molar-refractivity contribution in [3.63, 3.8) is 0 Å². The van der Waals surface area contributed by atoms with Crippen LogP contribution in [0.25, 0.3) is 0 Å². The number of carboxylic acids is 1. The Morgan fingerprint density at radius 2 is 2.33 bits per heavy atom. The van der Waals surface area contributed by atoms with Crippen LogP contribution in [0.1, 0.15) is 0 Å². The van der Waals surface area contributed by atoms with Gasteiger partial charge >= 0.3 is 11.7 Å². The quantitative estimate of drug-likeness (QED) is 0.607. The van der Waals surface area contributed by atoms with E-state index in [9.17, 15) is 14.9 Å². The summed E-state index contributed by atoms with van der Waals surface area (Å²) in [5.41, 5.74) is -0.160. The summed E-state index contributed by atoms with van der Waals surface area (Å²) >= 11 is 1.07. The number of nitro groups is 1. The van der Waals surface area contributed by atoms with E-state index in [0.717, 1.165) is 16.4 Å². The summed E-state index contributed by atoms with van der Waals surface area (Å²) in [7, 11) is 1.32. The minimum absolute atomic E-state index is 0.0993. The smallest absolute Gasteiger partial charge is 0.325 e. The molecule has 21 heavy (non-hydrogen) atoms. The Hall–Kier alpha value is -2.69. The maximum atomic E-state index is 10.8. The first-order chi connectivity index (χ1) is 10.0. The van der Waals surface area contributed by atoms with Gasteiger partial charge in [0, 0.05) is 17.0 Å². The molecule has 0 saturated carbocycles. The number of carbonyl (C=O) groups is 1. The highest BCUT2D eigenvalue weighted by molar-refractivity contribution is 7.99. The summed E-state index contributed by atoms with van der Waals surface area (Å²) in [6, 6.07) is 4.26. The molecule has 0 atom stereocenters. The van der Waals surface area contributed by atoms with Crippen molar-refractivity contribution in [3.8, 4) is 5.75 Å². The maximum Gasteiger partial charge on any atom is 0.325 e. The molecule has 110 valence electrons. The van der Waals surface area contributed by atoms with Crippen molar-refractivity contribution >= 4 is 23.4 Å². The van der Waals surface area contributed by atoms with Crippen LogP contribution < -0.4 is 4.74 Å². The van der Waals surface area contributed by atoms with Crippen LogP contribution in [-0.4, -0.2) is 43.3 Å². The van der Waals surface area contributed by atoms with E-state index in [1.165, 1.54) is 25.3 Å². The van der Waals surface area contributed by atoms with E-state index in [-0.39, 0.29) is 23.1 Å². The van der Waals surface area contributed by atoms with Gasteiger partial charge in [-0.15, -0.1) is 5.10 Å². The number of tetrazole rings is 1. The number of aliphatic carboxylic acids is 1. The molecule has 1 aromatic heterocycles. The molecule has 0 aliphatic rings. The molecule has 0 saturated heterocycles. The van der Waals surface area contributed by atoms with E-state index < -0.39 is 10.9 Å². The summed E-state index contributed by atoms with van der Waals surface area (Å²) in [4.78, 5) is 21.5. The molecule has 2 aromatic rings. The molecule has 0 bridgehead atoms. The standard InChI is InChI=1S/C10H9N5O5S/c1-20-8-4-6(2-3-7(8)15(18)19)21-10-11-12-13-14(10)5-9(16)17/h2-4H,5H2,1H3,(H,16,17). The third kappa shape index (κ3) is 3.45. The second kappa shape index (κ2) is 6.17. The molecule has 0 spiro atoms. The third-order valence-corrected chi connectivity index (χ3v) is 3.31. The Bertz CT molecular complexity index is 688. The molecule has 2 rings (SSSR count). The van der Waals surface area contributed by atoms with E-state index in [1.807, 2.05) is 0 Å². The first kappa shape index (κ1) is 14.7. The summed E-state index contributed by atoms with van der Waals surface area (Å²) in [5.74, 6) is -0.979. The van der Waals surface area contributed by atoms with Gasteiger partial charge in [0.25, 0.3) is 0 Å². The summed E-state index contributed by atoms with van der Waals surface area (Å²) in [6.45, 7) is -0.376. The molecule has 0 unspecified atom stereocenters. The van der Waals surface area contributed by atoms with Crippen LogP contribution in [-0.2, 0) is 11.3 Å². The van der Waals surface area contributed by atoms with Crippen LogP contribution in [0.3, 0.4) is 0 Å². The average Bonchev–Trinajstić information content (AvgIpc) is 2.84. The molecule has 0 amide bonds. The lowest BCUT2D eigenvalue weighted by atomic mass is 10.3. The minimum Gasteiger partial charge on any atom is -0.490 e. The number of methoxy groups -OCH3 is 1. The van der Waals surface area contributed by atoms with Gasteiger partial charge in [-0.2, -0.15) is 0 Å². The fourth-order valence-corrected chi connectivity index (χ4v) is 2.27. The second-order valence-corrected chi connectivity index (χ2v) is 4.75. The number of aromatic nitrogens is 4. The van der Waals surface area contributed by atoms with E-state index in [4.69, 9.17) is 9.84 Å². The number of nitrogens with zero attached hydrogens (tertiary/aromatic N) is 5. The predicted molar refractivity (Wildman–Crippen MR) is 69.2 cm³/mol. The lowest BCUT2D eigenvalue weighted by molar-refractivity contribution is -0.385. The van der Waals surface area contributed by atoms with E-state index in [1.54, 1.807) is 0 Å². The van der Waals surface area contributed by atoms with Crippen molar-refractivity contribution in [3.05, 3.63) is 28.3 Å². The molecule has 1 heterocycles. The highest BCUT2D eigenvalue weighted by atomic mass is 32.2. The highest BCUT2D eigenvalue weighted by Gasteiger charge is 2.17. The van der Waals surface area contributed by atoms with Gasteiger partial charge in [0.2, 0.25) is 5.16 Å². The Kier molecular flexibility index (Phi) is 4.33. The van der Waals surface area contributed by atoms with Gasteiger partial charge in [-0.1, -0.05) is 0 Å². The van der Waals surface area contributed by atoms with Gasteiger partial charge in [0.1, 0.15) is 6.54 Å². The number of ether oxygens (including phenoxy) is 1. The van der Waals surface area contributed by atoms with Gasteiger partial charge in [-0.3, -0.25) is 14.9 Å². The predicted octanol–water partition coefficient (Wildman–Crippen LogP) is 0.826. The number of hydrogen-bond acceptors (Lipinski definition) is 8. The van der Waals surface area contributed by atoms with Gasteiger partial charge in [0.05, 0.1) is 12.0 Å². The molecule has 1 N–H and O–H groups in total. The number of rotatable bonds is 6. The maximum absolute atomic E-state index is 10.8. The first-order valence-corrected chi connectivity index (χ1v) is 6.31. The Balaban J connectivity index is 2.26. The molecule has 0 aliphatic carbocycles. The van der Waals surface area contributed by atoms with Crippen molar-refractivity contribution in [1.29, 1.82) is 0 Å². The van der Waals surface area contributed by atoms with Crippen LogP contribution >= 0.6 is 11.8 Å². The molecule has 1 aromatic carbocycles. The van der Waals surface area contributed by atoms with Gasteiger partial charge in [0.15, 0.2) is 5.75 Å². The summed E-state index contributed by atoms with van der Waals surface area (Å²) in [6.07, 6.45) is 0. The second-order valence-electron chi connectivity index (χ2n) is 3.71. The lowest BCUT2D eigenvalue weighted by Crippen LogP contribution is -2.11. The lowest BCUT2D eigenvalue weighted by Gasteiger charge is -2.05. The average molecular weight is 311 g/mol. The van der Waals surface area contributed by atoms with Crippen LogP contribution in [0.5, 0.6) is 5.75 Å². The molecule has 0 radical (unpaired) electrons.